The van der Waals surface area contributed by atoms with Gasteiger partial charge < -0.3 is 10.2 Å². The Morgan fingerprint density at radius 3 is 3.19 bits per heavy atom. The lowest BCUT2D eigenvalue weighted by Crippen LogP contribution is -2.39. The van der Waals surface area contributed by atoms with Crippen LogP contribution in [0, 0.1) is 5.92 Å². The first-order chi connectivity index (χ1) is 10.2. The number of hydrogen-bond acceptors (Lipinski definition) is 4. The fourth-order valence-electron chi connectivity index (χ4n) is 2.83. The van der Waals surface area contributed by atoms with E-state index < -0.39 is 0 Å². The highest BCUT2D eigenvalue weighted by atomic mass is 16.2. The van der Waals surface area contributed by atoms with Gasteiger partial charge in [0.1, 0.15) is 5.56 Å². The van der Waals surface area contributed by atoms with Crippen molar-refractivity contribution in [1.29, 1.82) is 0 Å². The fraction of sp³-hybridized carbons (Fsp3) is 0.500. The van der Waals surface area contributed by atoms with Gasteiger partial charge in [-0.15, -0.1) is 0 Å². The van der Waals surface area contributed by atoms with E-state index in [1.807, 2.05) is 0 Å². The summed E-state index contributed by atoms with van der Waals surface area (Å²) in [6, 6.07) is 1.36. The molecular weight excluding hydrogens is 270 g/mol. The van der Waals surface area contributed by atoms with Crippen LogP contribution in [0.3, 0.4) is 0 Å². The molecule has 112 valence electrons. The highest BCUT2D eigenvalue weighted by Gasteiger charge is 2.21. The Hall–Kier alpha value is -2.15. The predicted octanol–water partition coefficient (Wildman–Crippen LogP) is 0.0942. The Morgan fingerprint density at radius 1 is 1.57 bits per heavy atom. The molecule has 1 fully saturated rings. The third-order valence-electron chi connectivity index (χ3n) is 3.93. The van der Waals surface area contributed by atoms with Crippen LogP contribution in [-0.2, 0) is 0 Å². The summed E-state index contributed by atoms with van der Waals surface area (Å²) in [5, 5.41) is 6.13. The molecule has 0 bridgehead atoms. The molecule has 7 nitrogen and oxygen atoms in total. The van der Waals surface area contributed by atoms with Crippen LogP contribution >= 0.6 is 0 Å². The molecule has 3 rings (SSSR count). The lowest BCUT2D eigenvalue weighted by Gasteiger charge is -2.27. The minimum absolute atomic E-state index is 0.113. The number of nitrogens with zero attached hydrogens (tertiary/aromatic N) is 3. The van der Waals surface area contributed by atoms with Crippen LogP contribution in [0.5, 0.6) is 0 Å². The zero-order valence-corrected chi connectivity index (χ0v) is 12.0. The molecule has 1 aliphatic heterocycles. The number of carbonyl (C=O) groups is 1. The summed E-state index contributed by atoms with van der Waals surface area (Å²) < 4.78 is 1.28. The maximum Gasteiger partial charge on any atom is 0.272 e. The Morgan fingerprint density at radius 2 is 2.43 bits per heavy atom. The van der Waals surface area contributed by atoms with Gasteiger partial charge in [-0.1, -0.05) is 0 Å². The highest BCUT2D eigenvalue weighted by molar-refractivity contribution is 5.99. The van der Waals surface area contributed by atoms with Crippen LogP contribution in [0.15, 0.2) is 23.3 Å². The van der Waals surface area contributed by atoms with E-state index >= 15 is 0 Å². The summed E-state index contributed by atoms with van der Waals surface area (Å²) in [6.07, 6.45) is 5.25. The largest absolute Gasteiger partial charge is 0.341 e. The quantitative estimate of drug-likeness (QED) is 0.839. The van der Waals surface area contributed by atoms with E-state index in [0.29, 0.717) is 23.7 Å². The number of aromatic nitrogens is 3. The van der Waals surface area contributed by atoms with Crippen LogP contribution in [0.1, 0.15) is 23.2 Å². The molecule has 21 heavy (non-hydrogen) atoms. The van der Waals surface area contributed by atoms with E-state index in [2.05, 4.69) is 15.4 Å². The molecule has 1 atom stereocenters. The average Bonchev–Trinajstić information content (AvgIpc) is 2.93. The van der Waals surface area contributed by atoms with E-state index in [0.717, 1.165) is 25.9 Å². The number of carbonyl (C=O) groups excluding carboxylic acids is 1. The molecule has 1 aliphatic rings. The van der Waals surface area contributed by atoms with Gasteiger partial charge in [-0.05, 0) is 31.8 Å². The zero-order valence-electron chi connectivity index (χ0n) is 12.0. The molecule has 2 N–H and O–H groups in total. The summed E-state index contributed by atoms with van der Waals surface area (Å²) >= 11 is 0. The second-order valence-corrected chi connectivity index (χ2v) is 5.53. The lowest BCUT2D eigenvalue weighted by molar-refractivity contribution is 0.0766. The second-order valence-electron chi connectivity index (χ2n) is 5.53. The van der Waals surface area contributed by atoms with Gasteiger partial charge in [-0.2, -0.15) is 0 Å². The summed E-state index contributed by atoms with van der Waals surface area (Å²) in [5.74, 6) is 0.367. The van der Waals surface area contributed by atoms with Crippen molar-refractivity contribution in [3.05, 3.63) is 34.4 Å². The van der Waals surface area contributed by atoms with E-state index in [1.165, 1.54) is 16.8 Å². The number of aromatic amines is 1. The van der Waals surface area contributed by atoms with Crippen molar-refractivity contribution in [3.8, 4) is 0 Å². The van der Waals surface area contributed by atoms with Gasteiger partial charge in [0.05, 0.1) is 0 Å². The number of H-pyrrole nitrogens is 1. The monoisotopic (exact) mass is 289 g/mol. The normalized spacial score (nSPS) is 18.8. The number of piperidine rings is 1. The summed E-state index contributed by atoms with van der Waals surface area (Å²) in [6.45, 7) is 2.72. The topological polar surface area (TPSA) is 82.5 Å². The maximum absolute atomic E-state index is 12.5. The first kappa shape index (κ1) is 13.8. The summed E-state index contributed by atoms with van der Waals surface area (Å²) in [4.78, 5) is 30.0. The molecule has 1 saturated heterocycles. The van der Waals surface area contributed by atoms with Gasteiger partial charge >= 0.3 is 0 Å². The van der Waals surface area contributed by atoms with E-state index in [-0.39, 0.29) is 11.5 Å². The third-order valence-corrected chi connectivity index (χ3v) is 3.93. The Bertz CT molecular complexity index is 699. The van der Waals surface area contributed by atoms with E-state index in [1.54, 1.807) is 18.1 Å². The van der Waals surface area contributed by atoms with Crippen LogP contribution in [0.2, 0.25) is 0 Å². The lowest BCUT2D eigenvalue weighted by atomic mass is 9.99. The molecule has 2 aromatic rings. The van der Waals surface area contributed by atoms with Crippen LogP contribution in [-0.4, -0.2) is 52.1 Å². The van der Waals surface area contributed by atoms with Crippen molar-refractivity contribution in [1.82, 2.24) is 24.8 Å². The van der Waals surface area contributed by atoms with Crippen molar-refractivity contribution >= 4 is 11.6 Å². The first-order valence-electron chi connectivity index (χ1n) is 7.18. The van der Waals surface area contributed by atoms with Crippen LogP contribution in [0.25, 0.3) is 5.65 Å². The van der Waals surface area contributed by atoms with Gasteiger partial charge in [0.15, 0.2) is 5.65 Å². The number of amides is 1. The average molecular weight is 289 g/mol. The van der Waals surface area contributed by atoms with Crippen molar-refractivity contribution in [3.63, 3.8) is 0 Å². The van der Waals surface area contributed by atoms with Gasteiger partial charge in [0, 0.05) is 32.1 Å². The molecule has 0 saturated carbocycles. The maximum atomic E-state index is 12.5. The molecule has 0 aromatic carbocycles. The number of nitrogens with one attached hydrogen (secondary N) is 2. The predicted molar refractivity (Wildman–Crippen MR) is 78.4 cm³/mol. The van der Waals surface area contributed by atoms with Crippen molar-refractivity contribution in [2.75, 3.05) is 26.7 Å². The SMILES string of the molecule is CN(CC1CCCNC1)C(=O)c1c[nH]n2c(=O)ccnc12. The van der Waals surface area contributed by atoms with Crippen molar-refractivity contribution in [2.24, 2.45) is 5.92 Å². The van der Waals surface area contributed by atoms with E-state index in [4.69, 9.17) is 0 Å². The van der Waals surface area contributed by atoms with E-state index in [9.17, 15) is 9.59 Å². The van der Waals surface area contributed by atoms with Gasteiger partial charge in [0.2, 0.25) is 0 Å². The van der Waals surface area contributed by atoms with Gasteiger partial charge in [-0.3, -0.25) is 14.7 Å². The van der Waals surface area contributed by atoms with Crippen LogP contribution < -0.4 is 10.9 Å². The number of hydrogen-bond donors (Lipinski definition) is 2. The Kier molecular flexibility index (Phi) is 3.74. The zero-order chi connectivity index (χ0) is 14.8. The van der Waals surface area contributed by atoms with Crippen molar-refractivity contribution < 1.29 is 4.79 Å². The molecule has 0 radical (unpaired) electrons. The molecular formula is C14H19N5O2. The molecule has 7 heteroatoms. The molecule has 1 unspecified atom stereocenters. The summed E-state index contributed by atoms with van der Waals surface area (Å²) in [7, 11) is 1.79. The smallest absolute Gasteiger partial charge is 0.272 e. The number of rotatable bonds is 3. The molecule has 0 spiro atoms. The molecule has 3 heterocycles. The Labute approximate surface area is 122 Å². The van der Waals surface area contributed by atoms with Crippen molar-refractivity contribution in [2.45, 2.75) is 12.8 Å². The number of fused-ring (bicyclic) bond motifs is 1. The summed E-state index contributed by atoms with van der Waals surface area (Å²) in [5.41, 5.74) is 0.582. The second kappa shape index (κ2) is 5.69. The molecule has 1 amide bonds. The first-order valence-corrected chi connectivity index (χ1v) is 7.18. The highest BCUT2D eigenvalue weighted by Crippen LogP contribution is 2.14. The van der Waals surface area contributed by atoms with Gasteiger partial charge in [-0.25, -0.2) is 9.50 Å². The molecule has 2 aromatic heterocycles. The fourth-order valence-corrected chi connectivity index (χ4v) is 2.83. The standard InChI is InChI=1S/C14H19N5O2/c1-18(9-10-3-2-5-15-7-10)14(21)11-8-17-19-12(20)4-6-16-13(11)19/h4,6,8,10,15,17H,2-3,5,7,9H2,1H3. The van der Waals surface area contributed by atoms with Gasteiger partial charge in [0.25, 0.3) is 11.5 Å². The molecule has 0 aliphatic carbocycles. The minimum atomic E-state index is -0.224. The third kappa shape index (κ3) is 2.69. The van der Waals surface area contributed by atoms with Crippen LogP contribution in [0.4, 0.5) is 0 Å². The minimum Gasteiger partial charge on any atom is -0.341 e. The Balaban J connectivity index is 1.79.